The molecule has 0 aromatic heterocycles. The van der Waals surface area contributed by atoms with Crippen LogP contribution in [0, 0.1) is 0 Å². The Morgan fingerprint density at radius 1 is 1.24 bits per heavy atom. The first-order valence-corrected chi connectivity index (χ1v) is 8.97. The van der Waals surface area contributed by atoms with E-state index in [1.165, 1.54) is 18.0 Å². The zero-order valence-corrected chi connectivity index (χ0v) is 15.1. The summed E-state index contributed by atoms with van der Waals surface area (Å²) >= 11 is 13.4. The smallest absolute Gasteiger partial charge is 0.239 e. The first-order valence-electron chi connectivity index (χ1n) is 7.33. The molecule has 0 radical (unpaired) electrons. The average molecular weight is 394 g/mol. The number of phenolic OH excluding ortho intramolecular Hbond substituents is 1. The molecule has 0 spiro atoms. The van der Waals surface area contributed by atoms with E-state index in [9.17, 15) is 9.90 Å². The molecule has 128 valence electrons. The highest BCUT2D eigenvalue weighted by Gasteiger charge is 2.31. The Bertz CT molecular complexity index is 871. The molecule has 0 saturated carbocycles. The molecule has 8 heteroatoms. The van der Waals surface area contributed by atoms with Gasteiger partial charge in [-0.1, -0.05) is 47.1 Å². The molecule has 3 rings (SSSR count). The van der Waals surface area contributed by atoms with E-state index >= 15 is 0 Å². The average Bonchev–Trinajstić information content (AvgIpc) is 2.92. The van der Waals surface area contributed by atoms with Crippen LogP contribution in [0.4, 0.5) is 0 Å². The van der Waals surface area contributed by atoms with Crippen molar-refractivity contribution in [1.29, 1.82) is 0 Å². The summed E-state index contributed by atoms with van der Waals surface area (Å²) in [5, 5.41) is 21.4. The van der Waals surface area contributed by atoms with Crippen molar-refractivity contribution in [3.05, 3.63) is 63.6 Å². The monoisotopic (exact) mass is 393 g/mol. The summed E-state index contributed by atoms with van der Waals surface area (Å²) in [4.78, 5) is 12.1. The molecule has 2 aromatic carbocycles. The largest absolute Gasteiger partial charge is 0.507 e. The van der Waals surface area contributed by atoms with E-state index in [2.05, 4.69) is 15.5 Å². The third-order valence-electron chi connectivity index (χ3n) is 3.47. The molecule has 1 aliphatic heterocycles. The molecule has 1 aliphatic rings. The number of amidine groups is 1. The molecular formula is C17H13Cl2N3O2S. The summed E-state index contributed by atoms with van der Waals surface area (Å²) in [6.07, 6.45) is 1.87. The molecule has 1 amide bonds. The van der Waals surface area contributed by atoms with Crippen LogP contribution in [0.5, 0.6) is 5.75 Å². The summed E-state index contributed by atoms with van der Waals surface area (Å²) in [5.41, 5.74) is 1.35. The minimum absolute atomic E-state index is 0.114. The number of carbonyl (C=O) groups excluding carboxylic acids is 1. The van der Waals surface area contributed by atoms with Crippen LogP contribution in [0.3, 0.4) is 0 Å². The number of hydrogen-bond acceptors (Lipinski definition) is 5. The Kier molecular flexibility index (Phi) is 5.63. The van der Waals surface area contributed by atoms with Crippen molar-refractivity contribution in [3.63, 3.8) is 0 Å². The third kappa shape index (κ3) is 4.54. The fourth-order valence-corrected chi connectivity index (χ4v) is 3.57. The van der Waals surface area contributed by atoms with Gasteiger partial charge >= 0.3 is 0 Å². The topological polar surface area (TPSA) is 74.0 Å². The van der Waals surface area contributed by atoms with Crippen LogP contribution in [0.2, 0.25) is 10.0 Å². The van der Waals surface area contributed by atoms with Gasteiger partial charge in [0.15, 0.2) is 5.17 Å². The maximum Gasteiger partial charge on any atom is 0.239 e. The number of rotatable bonds is 4. The second kappa shape index (κ2) is 7.91. The third-order valence-corrected chi connectivity index (χ3v) is 5.15. The number of carbonyl (C=O) groups is 1. The van der Waals surface area contributed by atoms with E-state index in [4.69, 9.17) is 23.2 Å². The number of para-hydroxylation sites is 1. The maximum atomic E-state index is 12.1. The van der Waals surface area contributed by atoms with E-state index < -0.39 is 0 Å². The Morgan fingerprint density at radius 3 is 2.84 bits per heavy atom. The van der Waals surface area contributed by atoms with E-state index in [0.29, 0.717) is 27.2 Å². The molecular weight excluding hydrogens is 381 g/mol. The molecule has 5 nitrogen and oxygen atoms in total. The van der Waals surface area contributed by atoms with Crippen LogP contribution in [-0.2, 0) is 11.2 Å². The van der Waals surface area contributed by atoms with Crippen LogP contribution in [0.1, 0.15) is 11.1 Å². The van der Waals surface area contributed by atoms with Gasteiger partial charge in [0.1, 0.15) is 5.75 Å². The van der Waals surface area contributed by atoms with Gasteiger partial charge < -0.3 is 10.4 Å². The van der Waals surface area contributed by atoms with E-state index in [1.54, 1.807) is 42.5 Å². The lowest BCUT2D eigenvalue weighted by atomic mass is 10.1. The lowest BCUT2D eigenvalue weighted by Crippen LogP contribution is -2.26. The lowest BCUT2D eigenvalue weighted by molar-refractivity contribution is -0.118. The molecule has 2 aromatic rings. The van der Waals surface area contributed by atoms with Gasteiger partial charge in [0.25, 0.3) is 0 Å². The molecule has 1 fully saturated rings. The number of hydrogen-bond donors (Lipinski definition) is 2. The number of nitrogens with one attached hydrogen (secondary N) is 1. The second-order valence-electron chi connectivity index (χ2n) is 5.24. The van der Waals surface area contributed by atoms with Crippen molar-refractivity contribution < 1.29 is 9.90 Å². The Labute approximate surface area is 158 Å². The van der Waals surface area contributed by atoms with Gasteiger partial charge in [0.05, 0.1) is 11.5 Å². The molecule has 0 aliphatic carbocycles. The zero-order chi connectivity index (χ0) is 17.8. The SMILES string of the molecule is O=C1N/C(=N\N=C/c2ccccc2O)S[C@H]1Cc1cc(Cl)ccc1Cl. The predicted molar refractivity (Wildman–Crippen MR) is 103 cm³/mol. The number of halogens is 2. The maximum absolute atomic E-state index is 12.1. The minimum atomic E-state index is -0.352. The van der Waals surface area contributed by atoms with Crippen molar-refractivity contribution in [2.45, 2.75) is 11.7 Å². The standard InChI is InChI=1S/C17H13Cl2N3O2S/c18-12-5-6-13(19)11(7-12)8-15-16(24)21-17(25-15)22-20-9-10-3-1-2-4-14(10)23/h1-7,9,15,23H,8H2,(H,21,22,24)/b20-9-/t15-/m0/s1. The molecule has 1 saturated heterocycles. The highest BCUT2D eigenvalue weighted by molar-refractivity contribution is 8.15. The van der Waals surface area contributed by atoms with E-state index in [1.807, 2.05) is 0 Å². The Morgan fingerprint density at radius 2 is 2.04 bits per heavy atom. The zero-order valence-electron chi connectivity index (χ0n) is 12.8. The van der Waals surface area contributed by atoms with Gasteiger partial charge in [0, 0.05) is 15.6 Å². The number of amides is 1. The van der Waals surface area contributed by atoms with Crippen LogP contribution in [0.25, 0.3) is 0 Å². The highest BCUT2D eigenvalue weighted by atomic mass is 35.5. The summed E-state index contributed by atoms with van der Waals surface area (Å²) in [6, 6.07) is 11.9. The molecule has 25 heavy (non-hydrogen) atoms. The van der Waals surface area contributed by atoms with E-state index in [-0.39, 0.29) is 16.9 Å². The summed E-state index contributed by atoms with van der Waals surface area (Å²) < 4.78 is 0. The molecule has 1 atom stereocenters. The molecule has 1 heterocycles. The van der Waals surface area contributed by atoms with E-state index in [0.717, 1.165) is 5.56 Å². The van der Waals surface area contributed by atoms with Crippen molar-refractivity contribution in [2.24, 2.45) is 10.2 Å². The fraction of sp³-hybridized carbons (Fsp3) is 0.118. The van der Waals surface area contributed by atoms with Crippen LogP contribution >= 0.6 is 35.0 Å². The Hall–Kier alpha value is -2.02. The van der Waals surface area contributed by atoms with Gasteiger partial charge in [-0.15, -0.1) is 5.10 Å². The van der Waals surface area contributed by atoms with Gasteiger partial charge in [-0.2, -0.15) is 5.10 Å². The number of aromatic hydroxyl groups is 1. The molecule has 0 unspecified atom stereocenters. The second-order valence-corrected chi connectivity index (χ2v) is 7.28. The summed E-state index contributed by atoms with van der Waals surface area (Å²) in [6.45, 7) is 0. The minimum Gasteiger partial charge on any atom is -0.507 e. The summed E-state index contributed by atoms with van der Waals surface area (Å²) in [5.74, 6) is -0.0411. The van der Waals surface area contributed by atoms with Crippen molar-refractivity contribution in [2.75, 3.05) is 0 Å². The van der Waals surface area contributed by atoms with Crippen molar-refractivity contribution in [3.8, 4) is 5.75 Å². The van der Waals surface area contributed by atoms with Crippen molar-refractivity contribution >= 4 is 52.3 Å². The highest BCUT2D eigenvalue weighted by Crippen LogP contribution is 2.28. The summed E-state index contributed by atoms with van der Waals surface area (Å²) in [7, 11) is 0. The van der Waals surface area contributed by atoms with Gasteiger partial charge in [-0.05, 0) is 42.3 Å². The predicted octanol–water partition coefficient (Wildman–Crippen LogP) is 3.86. The lowest BCUT2D eigenvalue weighted by Gasteiger charge is -2.07. The number of benzene rings is 2. The molecule has 0 bridgehead atoms. The Balaban J connectivity index is 1.68. The first-order chi connectivity index (χ1) is 12.0. The van der Waals surface area contributed by atoms with Gasteiger partial charge in [-0.25, -0.2) is 0 Å². The number of phenols is 1. The van der Waals surface area contributed by atoms with Gasteiger partial charge in [0.2, 0.25) is 5.91 Å². The van der Waals surface area contributed by atoms with Crippen LogP contribution in [-0.4, -0.2) is 27.6 Å². The number of thioether (sulfide) groups is 1. The van der Waals surface area contributed by atoms with Gasteiger partial charge in [-0.3, -0.25) is 4.79 Å². The van der Waals surface area contributed by atoms with Crippen LogP contribution < -0.4 is 5.32 Å². The molecule has 2 N–H and O–H groups in total. The van der Waals surface area contributed by atoms with Crippen LogP contribution in [0.15, 0.2) is 52.7 Å². The quantitative estimate of drug-likeness (QED) is 0.611. The fourth-order valence-electron chi connectivity index (χ4n) is 2.23. The normalized spacial score (nSPS) is 18.9. The number of nitrogens with zero attached hydrogens (tertiary/aromatic N) is 2. The first kappa shape index (κ1) is 17.8. The van der Waals surface area contributed by atoms with Crippen molar-refractivity contribution in [1.82, 2.24) is 5.32 Å².